The number of fused-ring (bicyclic) bond motifs is 4. The zero-order valence-electron chi connectivity index (χ0n) is 17.1. The second-order valence-electron chi connectivity index (χ2n) is 6.82. The maximum absolute atomic E-state index is 13.5. The van der Waals surface area contributed by atoms with E-state index >= 15 is 0 Å². The number of methoxy groups -OCH3 is 4. The molecule has 0 bridgehead atoms. The summed E-state index contributed by atoms with van der Waals surface area (Å²) in [4.78, 5) is 25.9. The molecule has 30 heavy (non-hydrogen) atoms. The van der Waals surface area contributed by atoms with Crippen LogP contribution in [-0.4, -0.2) is 44.1 Å². The van der Waals surface area contributed by atoms with Gasteiger partial charge in [0.2, 0.25) is 0 Å². The first-order valence-corrected chi connectivity index (χ1v) is 9.26. The van der Waals surface area contributed by atoms with Gasteiger partial charge < -0.3 is 28.6 Å². The first-order valence-electron chi connectivity index (χ1n) is 9.26. The topological polar surface area (TPSA) is 96.2 Å². The van der Waals surface area contributed by atoms with Crippen LogP contribution in [0.25, 0.3) is 22.0 Å². The lowest BCUT2D eigenvalue weighted by atomic mass is 9.91. The summed E-state index contributed by atoms with van der Waals surface area (Å²) in [6.07, 6.45) is 0.541. The number of nitrogens with zero attached hydrogens (tertiary/aromatic N) is 1. The van der Waals surface area contributed by atoms with Crippen molar-refractivity contribution in [1.29, 1.82) is 0 Å². The van der Waals surface area contributed by atoms with Gasteiger partial charge in [0.1, 0.15) is 0 Å². The fourth-order valence-corrected chi connectivity index (χ4v) is 4.14. The smallest absolute Gasteiger partial charge is 0.338 e. The minimum Gasteiger partial charge on any atom is -0.493 e. The Balaban J connectivity index is 2.19. The van der Waals surface area contributed by atoms with Crippen molar-refractivity contribution in [3.63, 3.8) is 0 Å². The van der Waals surface area contributed by atoms with E-state index in [0.29, 0.717) is 46.9 Å². The van der Waals surface area contributed by atoms with Crippen molar-refractivity contribution in [3.8, 4) is 34.3 Å². The molecule has 3 aromatic rings. The molecule has 1 aromatic heterocycles. The molecule has 0 unspecified atom stereocenters. The number of benzene rings is 2. The molecule has 0 saturated heterocycles. The highest BCUT2D eigenvalue weighted by Crippen LogP contribution is 2.43. The molecule has 1 N–H and O–H groups in total. The lowest BCUT2D eigenvalue weighted by Crippen LogP contribution is -2.29. The van der Waals surface area contributed by atoms with Crippen LogP contribution in [0.4, 0.5) is 0 Å². The minimum absolute atomic E-state index is 0.0266. The van der Waals surface area contributed by atoms with E-state index in [1.54, 1.807) is 25.3 Å². The molecule has 0 saturated carbocycles. The largest absolute Gasteiger partial charge is 0.493 e. The average molecular weight is 411 g/mol. The van der Waals surface area contributed by atoms with Crippen molar-refractivity contribution >= 4 is 16.7 Å². The van der Waals surface area contributed by atoms with E-state index in [0.717, 1.165) is 5.56 Å². The van der Waals surface area contributed by atoms with Crippen LogP contribution >= 0.6 is 0 Å². The highest BCUT2D eigenvalue weighted by atomic mass is 16.5. The van der Waals surface area contributed by atoms with Gasteiger partial charge in [-0.05, 0) is 36.2 Å². The van der Waals surface area contributed by atoms with Gasteiger partial charge in [-0.2, -0.15) is 0 Å². The zero-order valence-corrected chi connectivity index (χ0v) is 17.1. The Kier molecular flexibility index (Phi) is 4.77. The Morgan fingerprint density at radius 2 is 1.63 bits per heavy atom. The number of carbonyl (C=O) groups is 1. The van der Waals surface area contributed by atoms with Gasteiger partial charge in [-0.1, -0.05) is 0 Å². The molecule has 2 aromatic carbocycles. The van der Waals surface area contributed by atoms with E-state index in [4.69, 9.17) is 18.9 Å². The second kappa shape index (κ2) is 7.29. The van der Waals surface area contributed by atoms with Gasteiger partial charge in [0, 0.05) is 17.5 Å². The first kappa shape index (κ1) is 19.6. The van der Waals surface area contributed by atoms with Crippen molar-refractivity contribution in [3.05, 3.63) is 45.7 Å². The minimum atomic E-state index is -1.14. The van der Waals surface area contributed by atoms with Crippen LogP contribution in [0, 0.1) is 0 Å². The van der Waals surface area contributed by atoms with Crippen LogP contribution in [0.1, 0.15) is 15.9 Å². The number of aromatic carboxylic acids is 1. The highest BCUT2D eigenvalue weighted by Gasteiger charge is 2.30. The lowest BCUT2D eigenvalue weighted by molar-refractivity contribution is 0.0699. The van der Waals surface area contributed by atoms with Gasteiger partial charge in [0.25, 0.3) is 5.56 Å². The van der Waals surface area contributed by atoms with Gasteiger partial charge >= 0.3 is 5.97 Å². The molecular formula is C22H21NO7. The molecule has 8 nitrogen and oxygen atoms in total. The zero-order chi connectivity index (χ0) is 21.6. The summed E-state index contributed by atoms with van der Waals surface area (Å²) in [5.74, 6) is 0.452. The number of hydrogen-bond donors (Lipinski definition) is 1. The van der Waals surface area contributed by atoms with Crippen molar-refractivity contribution in [2.24, 2.45) is 0 Å². The average Bonchev–Trinajstić information content (AvgIpc) is 2.76. The number of aryl methyl sites for hydroxylation is 1. The normalized spacial score (nSPS) is 12.1. The number of carboxylic acids is 1. The number of rotatable bonds is 5. The van der Waals surface area contributed by atoms with Crippen molar-refractivity contribution in [2.45, 2.75) is 13.0 Å². The third kappa shape index (κ3) is 2.67. The molecule has 156 valence electrons. The number of ether oxygens (including phenoxy) is 4. The monoisotopic (exact) mass is 411 g/mol. The third-order valence-corrected chi connectivity index (χ3v) is 5.46. The molecule has 0 atom stereocenters. The quantitative estimate of drug-likeness (QED) is 0.689. The number of aromatic nitrogens is 1. The van der Waals surface area contributed by atoms with Gasteiger partial charge in [-0.25, -0.2) is 4.79 Å². The van der Waals surface area contributed by atoms with E-state index in [1.807, 2.05) is 6.07 Å². The van der Waals surface area contributed by atoms with Gasteiger partial charge in [0.05, 0.1) is 45.1 Å². The summed E-state index contributed by atoms with van der Waals surface area (Å²) < 4.78 is 23.0. The molecule has 0 amide bonds. The van der Waals surface area contributed by atoms with Gasteiger partial charge in [0.15, 0.2) is 23.0 Å². The Hall–Kier alpha value is -3.68. The maximum Gasteiger partial charge on any atom is 0.338 e. The first-order chi connectivity index (χ1) is 14.5. The number of pyridine rings is 1. The molecule has 8 heteroatoms. The fourth-order valence-electron chi connectivity index (χ4n) is 4.14. The standard InChI is InChI=1S/C22H21NO7/c1-27-14-6-5-12-17(22(25)26)19-13-10-16(29-3)15(28-2)9-11(13)7-8-23(19)21(24)18(12)20(14)30-4/h5-6,9-10H,7-8H2,1-4H3,(H,25,26). The lowest BCUT2D eigenvalue weighted by Gasteiger charge is -2.26. The second-order valence-corrected chi connectivity index (χ2v) is 6.82. The van der Waals surface area contributed by atoms with Crippen LogP contribution in [0.15, 0.2) is 29.1 Å². The summed E-state index contributed by atoms with van der Waals surface area (Å²) in [7, 11) is 5.94. The molecule has 0 aliphatic carbocycles. The molecular weight excluding hydrogens is 390 g/mol. The van der Waals surface area contributed by atoms with E-state index in [2.05, 4.69) is 0 Å². The number of hydrogen-bond acceptors (Lipinski definition) is 6. The molecule has 0 radical (unpaired) electrons. The van der Waals surface area contributed by atoms with Crippen LogP contribution < -0.4 is 24.5 Å². The number of carboxylic acid groups (broad SMARTS) is 1. The van der Waals surface area contributed by atoms with E-state index in [-0.39, 0.29) is 22.3 Å². The fraction of sp³-hybridized carbons (Fsp3) is 0.273. The Morgan fingerprint density at radius 1 is 0.967 bits per heavy atom. The molecule has 0 spiro atoms. The summed E-state index contributed by atoms with van der Waals surface area (Å²) in [6, 6.07) is 6.73. The maximum atomic E-state index is 13.5. The van der Waals surface area contributed by atoms with Crippen LogP contribution in [0.5, 0.6) is 23.0 Å². The van der Waals surface area contributed by atoms with E-state index in [1.165, 1.54) is 25.9 Å². The molecule has 1 aliphatic rings. The van der Waals surface area contributed by atoms with E-state index < -0.39 is 5.97 Å². The Bertz CT molecular complexity index is 1240. The summed E-state index contributed by atoms with van der Waals surface area (Å²) in [6.45, 7) is 0.327. The molecule has 1 aliphatic heterocycles. The summed E-state index contributed by atoms with van der Waals surface area (Å²) in [5.41, 5.74) is 1.55. The van der Waals surface area contributed by atoms with Gasteiger partial charge in [-0.3, -0.25) is 4.79 Å². The summed E-state index contributed by atoms with van der Waals surface area (Å²) in [5, 5.41) is 10.6. The van der Waals surface area contributed by atoms with Crippen LogP contribution in [0.3, 0.4) is 0 Å². The third-order valence-electron chi connectivity index (χ3n) is 5.46. The molecule has 2 heterocycles. The Labute approximate surface area is 172 Å². The summed E-state index contributed by atoms with van der Waals surface area (Å²) >= 11 is 0. The van der Waals surface area contributed by atoms with E-state index in [9.17, 15) is 14.7 Å². The molecule has 4 rings (SSSR count). The van der Waals surface area contributed by atoms with Crippen molar-refractivity contribution < 1.29 is 28.8 Å². The van der Waals surface area contributed by atoms with Crippen molar-refractivity contribution in [1.82, 2.24) is 4.57 Å². The van der Waals surface area contributed by atoms with Crippen molar-refractivity contribution in [2.75, 3.05) is 28.4 Å². The highest BCUT2D eigenvalue weighted by molar-refractivity contribution is 6.10. The van der Waals surface area contributed by atoms with Gasteiger partial charge in [-0.15, -0.1) is 0 Å². The van der Waals surface area contributed by atoms with Crippen LogP contribution in [-0.2, 0) is 13.0 Å². The van der Waals surface area contributed by atoms with Crippen LogP contribution in [0.2, 0.25) is 0 Å². The predicted molar refractivity (Wildman–Crippen MR) is 111 cm³/mol. The predicted octanol–water partition coefficient (Wildman–Crippen LogP) is 2.96. The molecule has 0 fully saturated rings. The Morgan fingerprint density at radius 3 is 2.23 bits per heavy atom. The SMILES string of the molecule is COc1cc2c(cc1OC)-c1c(C(=O)O)c3ccc(OC)c(OC)c3c(=O)n1CC2.